The lowest BCUT2D eigenvalue weighted by atomic mass is 9.97. The van der Waals surface area contributed by atoms with Crippen LogP contribution in [-0.4, -0.2) is 59.0 Å². The first kappa shape index (κ1) is 20.6. The summed E-state index contributed by atoms with van der Waals surface area (Å²) in [6.07, 6.45) is 1.64. The van der Waals surface area contributed by atoms with Crippen LogP contribution < -0.4 is 15.5 Å². The summed E-state index contributed by atoms with van der Waals surface area (Å²) in [7, 11) is 0. The number of benzene rings is 1. The molecule has 2 aliphatic rings. The number of hydrogen-bond acceptors (Lipinski definition) is 4. The highest BCUT2D eigenvalue weighted by atomic mass is 16.4. The molecule has 9 heteroatoms. The number of likely N-dealkylation sites (tertiary alicyclic amines) is 1. The van der Waals surface area contributed by atoms with E-state index in [2.05, 4.69) is 10.6 Å². The van der Waals surface area contributed by atoms with E-state index in [0.717, 1.165) is 0 Å². The zero-order valence-corrected chi connectivity index (χ0v) is 16.6. The second-order valence-electron chi connectivity index (χ2n) is 7.49. The maximum atomic E-state index is 13.1. The summed E-state index contributed by atoms with van der Waals surface area (Å²) in [5.74, 6) is -1.95. The largest absolute Gasteiger partial charge is 0.480 e. The van der Waals surface area contributed by atoms with Crippen LogP contribution in [-0.2, 0) is 14.4 Å². The van der Waals surface area contributed by atoms with Gasteiger partial charge in [0.15, 0.2) is 0 Å². The average molecular weight is 402 g/mol. The lowest BCUT2D eigenvalue weighted by Gasteiger charge is -2.34. The van der Waals surface area contributed by atoms with Crippen LogP contribution in [0.3, 0.4) is 0 Å². The lowest BCUT2D eigenvalue weighted by molar-refractivity contribution is -0.149. The number of nitrogens with zero attached hydrogens (tertiary/aromatic N) is 2. The van der Waals surface area contributed by atoms with Crippen LogP contribution >= 0.6 is 0 Å². The minimum absolute atomic E-state index is 0.161. The van der Waals surface area contributed by atoms with Crippen LogP contribution in [0.15, 0.2) is 24.3 Å². The van der Waals surface area contributed by atoms with Crippen LogP contribution in [0.2, 0.25) is 0 Å². The van der Waals surface area contributed by atoms with E-state index < -0.39 is 30.0 Å². The summed E-state index contributed by atoms with van der Waals surface area (Å²) in [4.78, 5) is 52.3. The molecular weight excluding hydrogens is 376 g/mol. The molecule has 3 rings (SSSR count). The number of carbonyl (C=O) groups excluding carboxylic acids is 3. The van der Waals surface area contributed by atoms with Gasteiger partial charge in [0, 0.05) is 6.54 Å². The van der Waals surface area contributed by atoms with E-state index in [9.17, 15) is 24.3 Å². The third-order valence-electron chi connectivity index (χ3n) is 5.59. The number of amides is 4. The van der Waals surface area contributed by atoms with Gasteiger partial charge in [0.25, 0.3) is 0 Å². The Bertz CT molecular complexity index is 827. The van der Waals surface area contributed by atoms with E-state index in [-0.39, 0.29) is 18.4 Å². The van der Waals surface area contributed by atoms with Crippen molar-refractivity contribution in [3.8, 4) is 0 Å². The van der Waals surface area contributed by atoms with Gasteiger partial charge in [0.1, 0.15) is 18.6 Å². The standard InChI is InChI=1S/C20H26N4O5/c1-3-12(2)17(18(26)23-10-6-9-15(23)19(27)28)22-20(29)24-11-16(25)21-13-7-4-5-8-14(13)24/h4-5,7-8,12,15,17H,3,6,9-11H2,1-2H3,(H,21,25)(H,22,29)(H,27,28)/t12?,15-,17+/m1/s1. The fourth-order valence-corrected chi connectivity index (χ4v) is 3.77. The number of rotatable bonds is 5. The molecule has 156 valence electrons. The molecule has 1 saturated heterocycles. The van der Waals surface area contributed by atoms with Crippen molar-refractivity contribution < 1.29 is 24.3 Å². The summed E-state index contributed by atoms with van der Waals surface area (Å²) in [6.45, 7) is 3.93. The topological polar surface area (TPSA) is 119 Å². The fourth-order valence-electron chi connectivity index (χ4n) is 3.77. The zero-order valence-electron chi connectivity index (χ0n) is 16.6. The smallest absolute Gasteiger partial charge is 0.326 e. The Hall–Kier alpha value is -3.10. The summed E-state index contributed by atoms with van der Waals surface area (Å²) in [5.41, 5.74) is 1.07. The Kier molecular flexibility index (Phi) is 6.05. The summed E-state index contributed by atoms with van der Waals surface area (Å²) in [5, 5.41) is 14.9. The average Bonchev–Trinajstić information content (AvgIpc) is 3.20. The van der Waals surface area contributed by atoms with E-state index >= 15 is 0 Å². The Balaban J connectivity index is 1.82. The molecule has 29 heavy (non-hydrogen) atoms. The molecule has 4 amide bonds. The molecule has 1 fully saturated rings. The fraction of sp³-hybridized carbons (Fsp3) is 0.500. The Morgan fingerprint density at radius 3 is 2.72 bits per heavy atom. The van der Waals surface area contributed by atoms with Gasteiger partial charge in [-0.25, -0.2) is 9.59 Å². The maximum absolute atomic E-state index is 13.1. The Labute approximate surface area is 169 Å². The van der Waals surface area contributed by atoms with E-state index in [1.165, 1.54) is 9.80 Å². The molecule has 0 bridgehead atoms. The maximum Gasteiger partial charge on any atom is 0.326 e. The first-order valence-corrected chi connectivity index (χ1v) is 9.83. The predicted octanol–water partition coefficient (Wildman–Crippen LogP) is 1.65. The first-order chi connectivity index (χ1) is 13.8. The number of nitrogens with one attached hydrogen (secondary N) is 2. The highest BCUT2D eigenvalue weighted by molar-refractivity contribution is 6.10. The highest BCUT2D eigenvalue weighted by Crippen LogP contribution is 2.29. The number of urea groups is 1. The van der Waals surface area contributed by atoms with Gasteiger partial charge < -0.3 is 20.6 Å². The van der Waals surface area contributed by atoms with Crippen molar-refractivity contribution in [2.75, 3.05) is 23.3 Å². The van der Waals surface area contributed by atoms with E-state index in [1.54, 1.807) is 24.3 Å². The number of hydrogen-bond donors (Lipinski definition) is 3. The number of para-hydroxylation sites is 2. The van der Waals surface area contributed by atoms with Crippen LogP contribution in [0.4, 0.5) is 16.2 Å². The molecule has 1 aromatic rings. The number of carboxylic acid groups (broad SMARTS) is 1. The molecule has 2 heterocycles. The van der Waals surface area contributed by atoms with Crippen molar-refractivity contribution in [1.29, 1.82) is 0 Å². The number of aliphatic carboxylic acids is 1. The van der Waals surface area contributed by atoms with Gasteiger partial charge in [0.05, 0.1) is 11.4 Å². The molecule has 2 aliphatic heterocycles. The third kappa shape index (κ3) is 4.18. The minimum atomic E-state index is -1.04. The summed E-state index contributed by atoms with van der Waals surface area (Å²) in [6, 6.07) is 4.64. The van der Waals surface area contributed by atoms with E-state index in [0.29, 0.717) is 37.2 Å². The third-order valence-corrected chi connectivity index (χ3v) is 5.59. The van der Waals surface area contributed by atoms with Gasteiger partial charge in [-0.3, -0.25) is 14.5 Å². The molecule has 1 aromatic carbocycles. The minimum Gasteiger partial charge on any atom is -0.480 e. The normalized spacial score (nSPS) is 20.5. The number of anilines is 2. The van der Waals surface area contributed by atoms with Crippen LogP contribution in [0, 0.1) is 5.92 Å². The van der Waals surface area contributed by atoms with Gasteiger partial charge in [0.2, 0.25) is 11.8 Å². The Morgan fingerprint density at radius 2 is 2.03 bits per heavy atom. The molecule has 0 radical (unpaired) electrons. The molecule has 1 unspecified atom stereocenters. The van der Waals surface area contributed by atoms with Crippen molar-refractivity contribution in [2.45, 2.75) is 45.2 Å². The summed E-state index contributed by atoms with van der Waals surface area (Å²) >= 11 is 0. The van der Waals surface area contributed by atoms with Crippen LogP contribution in [0.5, 0.6) is 0 Å². The van der Waals surface area contributed by atoms with Crippen molar-refractivity contribution >= 4 is 35.2 Å². The van der Waals surface area contributed by atoms with Crippen molar-refractivity contribution in [2.24, 2.45) is 5.92 Å². The lowest BCUT2D eigenvalue weighted by Crippen LogP contribution is -2.57. The van der Waals surface area contributed by atoms with Gasteiger partial charge in [-0.15, -0.1) is 0 Å². The van der Waals surface area contributed by atoms with Crippen molar-refractivity contribution in [1.82, 2.24) is 10.2 Å². The van der Waals surface area contributed by atoms with Gasteiger partial charge in [-0.05, 0) is 30.9 Å². The van der Waals surface area contributed by atoms with Crippen LogP contribution in [0.1, 0.15) is 33.1 Å². The highest BCUT2D eigenvalue weighted by Gasteiger charge is 2.40. The van der Waals surface area contributed by atoms with E-state index in [4.69, 9.17) is 0 Å². The summed E-state index contributed by atoms with van der Waals surface area (Å²) < 4.78 is 0. The first-order valence-electron chi connectivity index (χ1n) is 9.83. The van der Waals surface area contributed by atoms with Gasteiger partial charge in [-0.2, -0.15) is 0 Å². The Morgan fingerprint density at radius 1 is 1.31 bits per heavy atom. The van der Waals surface area contributed by atoms with Gasteiger partial charge in [-0.1, -0.05) is 32.4 Å². The predicted molar refractivity (Wildman–Crippen MR) is 107 cm³/mol. The SMILES string of the molecule is CCC(C)[C@H](NC(=O)N1CC(=O)Nc2ccccc21)C(=O)N1CCC[C@@H]1C(=O)O. The molecular formula is C20H26N4O5. The number of carboxylic acids is 1. The second kappa shape index (κ2) is 8.50. The molecule has 3 N–H and O–H groups in total. The monoisotopic (exact) mass is 402 g/mol. The molecule has 0 aromatic heterocycles. The van der Waals surface area contributed by atoms with Gasteiger partial charge >= 0.3 is 12.0 Å². The van der Waals surface area contributed by atoms with E-state index in [1.807, 2.05) is 13.8 Å². The molecule has 9 nitrogen and oxygen atoms in total. The number of carbonyl (C=O) groups is 4. The van der Waals surface area contributed by atoms with Crippen molar-refractivity contribution in [3.05, 3.63) is 24.3 Å². The molecule has 3 atom stereocenters. The molecule has 0 saturated carbocycles. The molecule has 0 aliphatic carbocycles. The van der Waals surface area contributed by atoms with Crippen LogP contribution in [0.25, 0.3) is 0 Å². The molecule has 0 spiro atoms. The van der Waals surface area contributed by atoms with Crippen molar-refractivity contribution in [3.63, 3.8) is 0 Å². The zero-order chi connectivity index (χ0) is 21.1. The second-order valence-corrected chi connectivity index (χ2v) is 7.49. The quantitative estimate of drug-likeness (QED) is 0.692. The number of fused-ring (bicyclic) bond motifs is 1.